The zero-order chi connectivity index (χ0) is 10.8. The van der Waals surface area contributed by atoms with Crippen molar-refractivity contribution in [1.82, 2.24) is 9.88 Å². The Hall–Kier alpha value is -1.42. The molecule has 0 aromatic carbocycles. The summed E-state index contributed by atoms with van der Waals surface area (Å²) < 4.78 is 0. The predicted molar refractivity (Wildman–Crippen MR) is 56.8 cm³/mol. The standard InChI is InChI=1S/C11H15N3O/c1-14(11(15)9-6-10(9)12)7-8-2-4-13-5-3-8/h2-5,9-10H,6-7,12H2,1H3. The first-order chi connectivity index (χ1) is 7.18. The highest BCUT2D eigenvalue weighted by Gasteiger charge is 2.41. The van der Waals surface area contributed by atoms with Gasteiger partial charge in [0.2, 0.25) is 5.91 Å². The van der Waals surface area contributed by atoms with Gasteiger partial charge in [-0.25, -0.2) is 0 Å². The van der Waals surface area contributed by atoms with Gasteiger partial charge >= 0.3 is 0 Å². The largest absolute Gasteiger partial charge is 0.341 e. The quantitative estimate of drug-likeness (QED) is 0.776. The Balaban J connectivity index is 1.92. The molecule has 0 spiro atoms. The monoisotopic (exact) mass is 205 g/mol. The summed E-state index contributed by atoms with van der Waals surface area (Å²) in [5.41, 5.74) is 6.73. The number of carbonyl (C=O) groups excluding carboxylic acids is 1. The maximum Gasteiger partial charge on any atom is 0.227 e. The van der Waals surface area contributed by atoms with Gasteiger partial charge in [0.25, 0.3) is 0 Å². The zero-order valence-electron chi connectivity index (χ0n) is 8.76. The Morgan fingerprint density at radius 2 is 2.20 bits per heavy atom. The zero-order valence-corrected chi connectivity index (χ0v) is 8.76. The molecule has 1 fully saturated rings. The number of amides is 1. The van der Waals surface area contributed by atoms with Gasteiger partial charge < -0.3 is 10.6 Å². The number of nitrogens with zero attached hydrogens (tertiary/aromatic N) is 2. The van der Waals surface area contributed by atoms with Gasteiger partial charge in [-0.3, -0.25) is 9.78 Å². The van der Waals surface area contributed by atoms with Crippen molar-refractivity contribution in [2.75, 3.05) is 7.05 Å². The number of carbonyl (C=O) groups is 1. The van der Waals surface area contributed by atoms with Gasteiger partial charge in [0.1, 0.15) is 0 Å². The number of pyridine rings is 1. The summed E-state index contributed by atoms with van der Waals surface area (Å²) in [7, 11) is 1.81. The minimum absolute atomic E-state index is 0.0526. The minimum atomic E-state index is 0.0526. The molecule has 1 amide bonds. The summed E-state index contributed by atoms with van der Waals surface area (Å²) in [4.78, 5) is 17.4. The highest BCUT2D eigenvalue weighted by atomic mass is 16.2. The smallest absolute Gasteiger partial charge is 0.227 e. The van der Waals surface area contributed by atoms with Gasteiger partial charge in [0.05, 0.1) is 5.92 Å². The van der Waals surface area contributed by atoms with Gasteiger partial charge in [0.15, 0.2) is 0 Å². The van der Waals surface area contributed by atoms with Crippen LogP contribution in [0.3, 0.4) is 0 Å². The van der Waals surface area contributed by atoms with Gasteiger partial charge in [-0.05, 0) is 24.1 Å². The summed E-state index contributed by atoms with van der Waals surface area (Å²) >= 11 is 0. The summed E-state index contributed by atoms with van der Waals surface area (Å²) in [5, 5.41) is 0. The van der Waals surface area contributed by atoms with E-state index in [1.165, 1.54) is 0 Å². The molecule has 0 saturated heterocycles. The van der Waals surface area contributed by atoms with Crippen molar-refractivity contribution >= 4 is 5.91 Å². The van der Waals surface area contributed by atoms with Crippen molar-refractivity contribution in [3.05, 3.63) is 30.1 Å². The number of hydrogen-bond donors (Lipinski definition) is 1. The molecule has 1 aliphatic carbocycles. The van der Waals surface area contributed by atoms with Crippen LogP contribution in [-0.4, -0.2) is 28.9 Å². The summed E-state index contributed by atoms with van der Waals surface area (Å²) in [6.07, 6.45) is 4.30. The molecule has 1 aromatic heterocycles. The van der Waals surface area contributed by atoms with Crippen molar-refractivity contribution in [2.24, 2.45) is 11.7 Å². The van der Waals surface area contributed by atoms with Crippen LogP contribution in [0.2, 0.25) is 0 Å². The topological polar surface area (TPSA) is 59.2 Å². The maximum absolute atomic E-state index is 11.8. The average Bonchev–Trinajstić information content (AvgIpc) is 2.96. The Morgan fingerprint density at radius 1 is 1.60 bits per heavy atom. The minimum Gasteiger partial charge on any atom is -0.341 e. The van der Waals surface area contributed by atoms with Crippen molar-refractivity contribution in [3.8, 4) is 0 Å². The van der Waals surface area contributed by atoms with Crippen molar-refractivity contribution < 1.29 is 4.79 Å². The lowest BCUT2D eigenvalue weighted by molar-refractivity contribution is -0.131. The fraction of sp³-hybridized carbons (Fsp3) is 0.455. The molecule has 1 aliphatic rings. The van der Waals surface area contributed by atoms with Crippen LogP contribution in [0.4, 0.5) is 0 Å². The van der Waals surface area contributed by atoms with Crippen molar-refractivity contribution in [1.29, 1.82) is 0 Å². The lowest BCUT2D eigenvalue weighted by Crippen LogP contribution is -2.29. The van der Waals surface area contributed by atoms with Gasteiger partial charge in [-0.1, -0.05) is 0 Å². The second kappa shape index (κ2) is 3.98. The Labute approximate surface area is 89.1 Å². The molecule has 2 atom stereocenters. The predicted octanol–water partition coefficient (Wildman–Crippen LogP) is 0.387. The average molecular weight is 205 g/mol. The van der Waals surface area contributed by atoms with Crippen LogP contribution in [0.25, 0.3) is 0 Å². The molecular formula is C11H15N3O. The molecule has 0 bridgehead atoms. The van der Waals surface area contributed by atoms with E-state index in [-0.39, 0.29) is 17.9 Å². The third-order valence-corrected chi connectivity index (χ3v) is 2.70. The maximum atomic E-state index is 11.8. The molecule has 2 rings (SSSR count). The molecule has 1 aromatic rings. The summed E-state index contributed by atoms with van der Waals surface area (Å²) in [6.45, 7) is 0.630. The van der Waals surface area contributed by atoms with Crippen LogP contribution in [0.15, 0.2) is 24.5 Å². The third kappa shape index (κ3) is 2.33. The SMILES string of the molecule is CN(Cc1ccncc1)C(=O)C1CC1N. The van der Waals surface area contributed by atoms with Crippen LogP contribution in [0.1, 0.15) is 12.0 Å². The molecular weight excluding hydrogens is 190 g/mol. The van der Waals surface area contributed by atoms with E-state index in [0.717, 1.165) is 12.0 Å². The van der Waals surface area contributed by atoms with Crippen LogP contribution in [0, 0.1) is 5.92 Å². The second-order valence-corrected chi connectivity index (χ2v) is 4.06. The van der Waals surface area contributed by atoms with E-state index < -0.39 is 0 Å². The first-order valence-corrected chi connectivity index (χ1v) is 5.08. The van der Waals surface area contributed by atoms with E-state index in [4.69, 9.17) is 5.73 Å². The summed E-state index contributed by atoms with van der Waals surface area (Å²) in [6, 6.07) is 3.91. The van der Waals surface area contributed by atoms with E-state index in [2.05, 4.69) is 4.98 Å². The Kier molecular flexibility index (Phi) is 2.68. The lowest BCUT2D eigenvalue weighted by atomic mass is 10.2. The van der Waals surface area contributed by atoms with Gasteiger partial charge in [-0.2, -0.15) is 0 Å². The van der Waals surface area contributed by atoms with Crippen LogP contribution >= 0.6 is 0 Å². The third-order valence-electron chi connectivity index (χ3n) is 2.70. The van der Waals surface area contributed by atoms with Crippen molar-refractivity contribution in [2.45, 2.75) is 19.0 Å². The molecule has 0 radical (unpaired) electrons. The van der Waals surface area contributed by atoms with E-state index in [9.17, 15) is 4.79 Å². The van der Waals surface area contributed by atoms with E-state index in [0.29, 0.717) is 6.54 Å². The first-order valence-electron chi connectivity index (χ1n) is 5.08. The molecule has 1 heterocycles. The molecule has 4 heteroatoms. The number of hydrogen-bond acceptors (Lipinski definition) is 3. The van der Waals surface area contributed by atoms with E-state index in [1.54, 1.807) is 17.3 Å². The molecule has 4 nitrogen and oxygen atoms in total. The Bertz CT molecular complexity index is 352. The van der Waals surface area contributed by atoms with E-state index >= 15 is 0 Å². The fourth-order valence-electron chi connectivity index (χ4n) is 1.62. The molecule has 1 saturated carbocycles. The van der Waals surface area contributed by atoms with Crippen molar-refractivity contribution in [3.63, 3.8) is 0 Å². The van der Waals surface area contributed by atoms with Gasteiger partial charge in [0, 0.05) is 32.0 Å². The first kappa shape index (κ1) is 10.1. The molecule has 0 aliphatic heterocycles. The van der Waals surface area contributed by atoms with Gasteiger partial charge in [-0.15, -0.1) is 0 Å². The highest BCUT2D eigenvalue weighted by Crippen LogP contribution is 2.29. The molecule has 15 heavy (non-hydrogen) atoms. The lowest BCUT2D eigenvalue weighted by Gasteiger charge is -2.16. The van der Waals surface area contributed by atoms with Crippen LogP contribution < -0.4 is 5.73 Å². The van der Waals surface area contributed by atoms with Crippen LogP contribution in [-0.2, 0) is 11.3 Å². The number of nitrogens with two attached hydrogens (primary N) is 1. The molecule has 80 valence electrons. The molecule has 2 N–H and O–H groups in total. The normalized spacial score (nSPS) is 23.6. The van der Waals surface area contributed by atoms with E-state index in [1.807, 2.05) is 19.2 Å². The Morgan fingerprint density at radius 3 is 2.73 bits per heavy atom. The number of rotatable bonds is 3. The number of aromatic nitrogens is 1. The second-order valence-electron chi connectivity index (χ2n) is 4.06. The summed E-state index contributed by atoms with van der Waals surface area (Å²) in [5.74, 6) is 0.205. The fourth-order valence-corrected chi connectivity index (χ4v) is 1.62. The molecule has 2 unspecified atom stereocenters. The van der Waals surface area contributed by atoms with Crippen LogP contribution in [0.5, 0.6) is 0 Å². The highest BCUT2D eigenvalue weighted by molar-refractivity contribution is 5.82.